The molecule has 2 saturated heterocycles. The van der Waals surface area contributed by atoms with Crippen LogP contribution in [0.25, 0.3) is 22.2 Å². The average molecular weight is 810 g/mol. The van der Waals surface area contributed by atoms with Crippen molar-refractivity contribution in [3.63, 3.8) is 0 Å². The monoisotopic (exact) mass is 809 g/mol. The molecule has 2 amide bonds. The number of carbonyl (C=O) groups excluding carboxylic acids is 2. The van der Waals surface area contributed by atoms with Gasteiger partial charge in [0.2, 0.25) is 0 Å². The Morgan fingerprint density at radius 1 is 0.833 bits per heavy atom. The number of pyridine rings is 2. The highest BCUT2D eigenvalue weighted by molar-refractivity contribution is 6.00. The minimum atomic E-state index is -0.333. The Kier molecular flexibility index (Phi) is 12.7. The van der Waals surface area contributed by atoms with Gasteiger partial charge in [0, 0.05) is 118 Å². The minimum absolute atomic E-state index is 0.191. The van der Waals surface area contributed by atoms with E-state index in [9.17, 15) is 9.59 Å². The summed E-state index contributed by atoms with van der Waals surface area (Å²) in [4.78, 5) is 41.0. The van der Waals surface area contributed by atoms with Crippen molar-refractivity contribution < 1.29 is 18.7 Å². The highest BCUT2D eigenvalue weighted by Gasteiger charge is 2.23. The quantitative estimate of drug-likeness (QED) is 0.107. The number of aromatic nitrogens is 4. The van der Waals surface area contributed by atoms with Gasteiger partial charge < -0.3 is 25.6 Å². The molecule has 0 spiro atoms. The summed E-state index contributed by atoms with van der Waals surface area (Å²) in [5.74, 6) is -0.956. The number of amides is 2. The van der Waals surface area contributed by atoms with Crippen molar-refractivity contribution in [3.05, 3.63) is 137 Å². The Balaban J connectivity index is 0.901. The molecule has 2 aliphatic rings. The molecule has 3 aromatic heterocycles. The number of aryl methyl sites for hydroxylation is 2. The molecule has 0 atom stereocenters. The number of anilines is 2. The third kappa shape index (κ3) is 9.32. The third-order valence-electron chi connectivity index (χ3n) is 11.5. The molecule has 0 saturated carbocycles. The highest BCUT2D eigenvalue weighted by atomic mass is 19.1. The van der Waals surface area contributed by atoms with E-state index >= 15 is 4.39 Å². The topological polar surface area (TPSA) is 130 Å². The second-order valence-corrected chi connectivity index (χ2v) is 15.4. The van der Waals surface area contributed by atoms with Gasteiger partial charge in [0.1, 0.15) is 5.82 Å². The van der Waals surface area contributed by atoms with Gasteiger partial charge in [-0.25, -0.2) is 14.1 Å². The van der Waals surface area contributed by atoms with Crippen LogP contribution in [0.2, 0.25) is 0 Å². The maximum atomic E-state index is 15.3. The molecular formula is C47H52FN9O3. The molecule has 2 aliphatic heterocycles. The predicted octanol–water partition coefficient (Wildman–Crippen LogP) is 6.99. The number of nitrogens with zero attached hydrogens (tertiary/aromatic N) is 6. The van der Waals surface area contributed by atoms with E-state index in [1.807, 2.05) is 60.5 Å². The Morgan fingerprint density at radius 3 is 2.30 bits per heavy atom. The summed E-state index contributed by atoms with van der Waals surface area (Å²) in [5.41, 5.74) is 8.64. The lowest BCUT2D eigenvalue weighted by Crippen LogP contribution is -2.45. The van der Waals surface area contributed by atoms with Gasteiger partial charge >= 0.3 is 0 Å². The van der Waals surface area contributed by atoms with Gasteiger partial charge in [-0.2, -0.15) is 5.10 Å². The van der Waals surface area contributed by atoms with Crippen LogP contribution in [0, 0.1) is 5.82 Å². The normalized spacial score (nSPS) is 14.9. The number of benzene rings is 3. The molecule has 3 N–H and O–H groups in total. The van der Waals surface area contributed by atoms with E-state index < -0.39 is 0 Å². The molecule has 0 radical (unpaired) electrons. The second-order valence-electron chi connectivity index (χ2n) is 15.4. The van der Waals surface area contributed by atoms with Crippen molar-refractivity contribution in [1.82, 2.24) is 35.3 Å². The molecule has 8 rings (SSSR count). The number of hydrogen-bond acceptors (Lipinski definition) is 9. The van der Waals surface area contributed by atoms with Gasteiger partial charge in [-0.3, -0.25) is 19.5 Å². The zero-order valence-corrected chi connectivity index (χ0v) is 34.3. The van der Waals surface area contributed by atoms with Crippen LogP contribution in [0.4, 0.5) is 15.8 Å². The molecular weight excluding hydrogens is 758 g/mol. The largest absolute Gasteiger partial charge is 0.381 e. The van der Waals surface area contributed by atoms with Crippen molar-refractivity contribution in [2.24, 2.45) is 0 Å². The summed E-state index contributed by atoms with van der Waals surface area (Å²) in [7, 11) is 0. The van der Waals surface area contributed by atoms with Crippen molar-refractivity contribution >= 4 is 34.2 Å². The molecule has 0 aliphatic carbocycles. The smallest absolute Gasteiger partial charge is 0.251 e. The Morgan fingerprint density at radius 2 is 1.57 bits per heavy atom. The fourth-order valence-corrected chi connectivity index (χ4v) is 8.18. The van der Waals surface area contributed by atoms with Crippen molar-refractivity contribution in [2.75, 3.05) is 49.6 Å². The fraction of sp³-hybridized carbons (Fsp3) is 0.340. The first-order valence-electron chi connectivity index (χ1n) is 21.0. The first-order valence-corrected chi connectivity index (χ1v) is 21.0. The molecule has 6 aromatic rings. The summed E-state index contributed by atoms with van der Waals surface area (Å²) in [6.07, 6.45) is 7.95. The van der Waals surface area contributed by atoms with Crippen LogP contribution in [0.15, 0.2) is 97.5 Å². The zero-order chi connectivity index (χ0) is 41.4. The lowest BCUT2D eigenvalue weighted by molar-refractivity contribution is 0.0904. The van der Waals surface area contributed by atoms with Gasteiger partial charge in [0.15, 0.2) is 5.65 Å². The lowest BCUT2D eigenvalue weighted by Gasteiger charge is -2.36. The molecule has 3 aromatic carbocycles. The second kappa shape index (κ2) is 18.8. The van der Waals surface area contributed by atoms with E-state index in [1.165, 1.54) is 11.8 Å². The number of fused-ring (bicyclic) bond motifs is 1. The van der Waals surface area contributed by atoms with Crippen LogP contribution in [0.1, 0.15) is 69.8 Å². The molecule has 12 nitrogen and oxygen atoms in total. The number of carbonyl (C=O) groups is 2. The molecule has 2 fully saturated rings. The van der Waals surface area contributed by atoms with Crippen molar-refractivity contribution in [2.45, 2.75) is 65.3 Å². The fourth-order valence-electron chi connectivity index (χ4n) is 8.18. The lowest BCUT2D eigenvalue weighted by atomic mass is 10.00. The summed E-state index contributed by atoms with van der Waals surface area (Å²) in [6.45, 7) is 11.1. The van der Waals surface area contributed by atoms with Gasteiger partial charge in [0.05, 0.1) is 17.3 Å². The SMILES string of the molecule is CCc1nc2c(cnn2CC)c(NC2CCOCC2)c1CNC(=O)c1cccc(C(=O)NCc2ccc(F)c(-c3cccc(CN4CCN(c5ccncc5)CC4)c3)c2)c1. The van der Waals surface area contributed by atoms with E-state index in [-0.39, 0.29) is 36.8 Å². The van der Waals surface area contributed by atoms with Crippen molar-refractivity contribution in [3.8, 4) is 11.1 Å². The molecule has 5 heterocycles. The highest BCUT2D eigenvalue weighted by Crippen LogP contribution is 2.32. The number of halogens is 1. The third-order valence-corrected chi connectivity index (χ3v) is 11.5. The molecule has 0 unspecified atom stereocenters. The Hall–Kier alpha value is -6.18. The van der Waals surface area contributed by atoms with E-state index in [0.717, 1.165) is 90.2 Å². The number of ether oxygens (including phenoxy) is 1. The Labute approximate surface area is 350 Å². The van der Waals surface area contributed by atoms with Gasteiger partial charge in [-0.05, 0) is 91.4 Å². The number of piperazine rings is 1. The number of hydrogen-bond donors (Lipinski definition) is 3. The molecule has 13 heteroatoms. The maximum absolute atomic E-state index is 15.3. The summed E-state index contributed by atoms with van der Waals surface area (Å²) in [5, 5.41) is 15.3. The minimum Gasteiger partial charge on any atom is -0.381 e. The van der Waals surface area contributed by atoms with Crippen LogP contribution >= 0.6 is 0 Å². The molecule has 310 valence electrons. The average Bonchev–Trinajstić information content (AvgIpc) is 3.72. The van der Waals surface area contributed by atoms with Gasteiger partial charge in [-0.15, -0.1) is 0 Å². The van der Waals surface area contributed by atoms with E-state index in [2.05, 4.69) is 48.8 Å². The predicted molar refractivity (Wildman–Crippen MR) is 232 cm³/mol. The number of rotatable bonds is 14. The number of nitrogens with one attached hydrogen (secondary N) is 3. The van der Waals surface area contributed by atoms with Crippen LogP contribution in [0.3, 0.4) is 0 Å². The van der Waals surface area contributed by atoms with Crippen LogP contribution in [-0.2, 0) is 37.3 Å². The first-order chi connectivity index (χ1) is 29.4. The van der Waals surface area contributed by atoms with Gasteiger partial charge in [-0.1, -0.05) is 37.3 Å². The van der Waals surface area contributed by atoms with Crippen LogP contribution < -0.4 is 20.9 Å². The van der Waals surface area contributed by atoms with Crippen LogP contribution in [-0.4, -0.2) is 81.9 Å². The standard InChI is InChI=1S/C47H52FN9O3/c1-3-43-40(44(53-37-15-23-60-24-16-37)41-30-52-57(4-2)45(41)54-43)29-51-47(59)36-10-6-9-35(27-36)46(58)50-28-32-11-12-42(48)39(26-32)34-8-5-7-33(25-34)31-55-19-21-56(22-20-55)38-13-17-49-18-14-38/h5-14,17-18,25-27,30,37H,3-4,15-16,19-24,28-29,31H2,1-2H3,(H,50,58)(H,51,59)(H,53,54). The van der Waals surface area contributed by atoms with E-state index in [4.69, 9.17) is 9.72 Å². The Bertz CT molecular complexity index is 2440. The molecule has 60 heavy (non-hydrogen) atoms. The van der Waals surface area contributed by atoms with E-state index in [0.29, 0.717) is 42.9 Å². The molecule has 0 bridgehead atoms. The zero-order valence-electron chi connectivity index (χ0n) is 34.3. The van der Waals surface area contributed by atoms with Gasteiger partial charge in [0.25, 0.3) is 11.8 Å². The van der Waals surface area contributed by atoms with Crippen molar-refractivity contribution in [1.29, 1.82) is 0 Å². The summed E-state index contributed by atoms with van der Waals surface area (Å²) < 4.78 is 22.8. The van der Waals surface area contributed by atoms with E-state index in [1.54, 1.807) is 36.4 Å². The summed E-state index contributed by atoms with van der Waals surface area (Å²) >= 11 is 0. The summed E-state index contributed by atoms with van der Waals surface area (Å²) in [6, 6.07) is 24.0. The van der Waals surface area contributed by atoms with Crippen LogP contribution in [0.5, 0.6) is 0 Å². The maximum Gasteiger partial charge on any atom is 0.251 e. The first kappa shape index (κ1) is 40.6.